The Bertz CT molecular complexity index is 835. The van der Waals surface area contributed by atoms with Gasteiger partial charge in [-0.15, -0.1) is 11.3 Å². The number of nitrogens with zero attached hydrogens (tertiary/aromatic N) is 3. The number of benzene rings is 1. The second kappa shape index (κ2) is 9.22. The van der Waals surface area contributed by atoms with E-state index in [2.05, 4.69) is 11.0 Å². The van der Waals surface area contributed by atoms with Crippen molar-refractivity contribution < 1.29 is 14.3 Å². The molecule has 2 atom stereocenters. The van der Waals surface area contributed by atoms with Gasteiger partial charge in [0.15, 0.2) is 0 Å². The molecule has 1 amide bonds. The lowest BCUT2D eigenvalue weighted by atomic mass is 10.0. The number of thiazole rings is 1. The molecule has 29 heavy (non-hydrogen) atoms. The van der Waals surface area contributed by atoms with Crippen molar-refractivity contribution in [2.24, 2.45) is 0 Å². The summed E-state index contributed by atoms with van der Waals surface area (Å²) in [5.41, 5.74) is 1.03. The van der Waals surface area contributed by atoms with Crippen LogP contribution in [0.1, 0.15) is 56.5 Å². The molecule has 1 aromatic heterocycles. The molecular formula is C22H29N3O3S. The highest BCUT2D eigenvalue weighted by Gasteiger charge is 2.35. The minimum absolute atomic E-state index is 0.0377. The number of piperidine rings is 2. The van der Waals surface area contributed by atoms with Crippen molar-refractivity contribution in [1.82, 2.24) is 14.8 Å². The maximum Gasteiger partial charge on any atom is 0.328 e. The minimum atomic E-state index is -0.429. The first-order chi connectivity index (χ1) is 14.2. The fourth-order valence-electron chi connectivity index (χ4n) is 4.47. The van der Waals surface area contributed by atoms with Gasteiger partial charge in [-0.3, -0.25) is 9.69 Å². The highest BCUT2D eigenvalue weighted by molar-refractivity contribution is 7.18. The smallest absolute Gasteiger partial charge is 0.328 e. The van der Waals surface area contributed by atoms with E-state index in [1.807, 2.05) is 25.1 Å². The summed E-state index contributed by atoms with van der Waals surface area (Å²) >= 11 is 1.73. The van der Waals surface area contributed by atoms with E-state index in [-0.39, 0.29) is 17.9 Å². The van der Waals surface area contributed by atoms with Crippen molar-refractivity contribution in [2.75, 3.05) is 26.2 Å². The van der Waals surface area contributed by atoms with E-state index < -0.39 is 6.04 Å². The molecule has 1 aromatic carbocycles. The SMILES string of the molecule is CCOC(=O)C1CCCCN1C(=O)CN1CCCCC1c1nc2ccccc2s1. The number of hydrogen-bond acceptors (Lipinski definition) is 6. The summed E-state index contributed by atoms with van der Waals surface area (Å²) in [7, 11) is 0. The molecule has 2 fully saturated rings. The van der Waals surface area contributed by atoms with E-state index in [1.165, 1.54) is 4.70 Å². The second-order valence-corrected chi connectivity index (χ2v) is 8.91. The zero-order valence-corrected chi connectivity index (χ0v) is 17.8. The van der Waals surface area contributed by atoms with Crippen LogP contribution in [0.15, 0.2) is 24.3 Å². The lowest BCUT2D eigenvalue weighted by Gasteiger charge is -2.38. The molecule has 2 unspecified atom stereocenters. The van der Waals surface area contributed by atoms with Gasteiger partial charge >= 0.3 is 5.97 Å². The maximum absolute atomic E-state index is 13.2. The molecule has 3 heterocycles. The molecular weight excluding hydrogens is 386 g/mol. The Morgan fingerprint density at radius 1 is 1.14 bits per heavy atom. The van der Waals surface area contributed by atoms with Gasteiger partial charge in [0, 0.05) is 6.54 Å². The summed E-state index contributed by atoms with van der Waals surface area (Å²) < 4.78 is 6.41. The van der Waals surface area contributed by atoms with Gasteiger partial charge < -0.3 is 9.64 Å². The van der Waals surface area contributed by atoms with E-state index in [0.717, 1.165) is 49.2 Å². The van der Waals surface area contributed by atoms with Crippen LogP contribution in [0.25, 0.3) is 10.2 Å². The highest BCUT2D eigenvalue weighted by atomic mass is 32.1. The van der Waals surface area contributed by atoms with Crippen molar-refractivity contribution in [3.05, 3.63) is 29.3 Å². The molecule has 2 aliphatic rings. The van der Waals surface area contributed by atoms with Crippen molar-refractivity contribution in [3.63, 3.8) is 0 Å². The Hall–Kier alpha value is -1.99. The van der Waals surface area contributed by atoms with Gasteiger partial charge in [0.2, 0.25) is 5.91 Å². The summed E-state index contributed by atoms with van der Waals surface area (Å²) in [6.07, 6.45) is 5.88. The molecule has 0 N–H and O–H groups in total. The van der Waals surface area contributed by atoms with Gasteiger partial charge in [-0.25, -0.2) is 9.78 Å². The zero-order chi connectivity index (χ0) is 20.2. The third-order valence-corrected chi connectivity index (χ3v) is 7.07. The third kappa shape index (κ3) is 4.46. The number of fused-ring (bicyclic) bond motifs is 1. The standard InChI is InChI=1S/C22H29N3O3S/c1-2-28-22(27)18-11-6-8-14-25(18)20(26)15-24-13-7-5-10-17(24)21-23-16-9-3-4-12-19(16)29-21/h3-4,9,12,17-18H,2,5-8,10-11,13-15H2,1H3. The molecule has 6 nitrogen and oxygen atoms in total. The topological polar surface area (TPSA) is 62.7 Å². The molecule has 0 bridgehead atoms. The first kappa shape index (κ1) is 20.3. The molecule has 0 spiro atoms. The monoisotopic (exact) mass is 415 g/mol. The summed E-state index contributed by atoms with van der Waals surface area (Å²) in [5.74, 6) is -0.224. The highest BCUT2D eigenvalue weighted by Crippen LogP contribution is 2.35. The number of ether oxygens (including phenoxy) is 1. The molecule has 2 saturated heterocycles. The number of esters is 1. The molecule has 4 rings (SSSR count). The van der Waals surface area contributed by atoms with Crippen LogP contribution in [0, 0.1) is 0 Å². The van der Waals surface area contributed by atoms with Gasteiger partial charge in [-0.1, -0.05) is 18.6 Å². The molecule has 2 aromatic rings. The number of para-hydroxylation sites is 1. The second-order valence-electron chi connectivity index (χ2n) is 7.85. The Kier molecular flexibility index (Phi) is 6.45. The zero-order valence-electron chi connectivity index (χ0n) is 17.0. The summed E-state index contributed by atoms with van der Waals surface area (Å²) in [6, 6.07) is 7.95. The summed E-state index contributed by atoms with van der Waals surface area (Å²) in [4.78, 5) is 34.4. The number of rotatable bonds is 5. The normalized spacial score (nSPS) is 23.3. The van der Waals surface area contributed by atoms with Crippen LogP contribution in [-0.4, -0.2) is 58.9 Å². The van der Waals surface area contributed by atoms with Crippen LogP contribution in [0.5, 0.6) is 0 Å². The van der Waals surface area contributed by atoms with E-state index in [9.17, 15) is 9.59 Å². The van der Waals surface area contributed by atoms with Gasteiger partial charge in [-0.2, -0.15) is 0 Å². The van der Waals surface area contributed by atoms with Crippen molar-refractivity contribution >= 4 is 33.4 Å². The predicted molar refractivity (Wildman–Crippen MR) is 114 cm³/mol. The number of carbonyl (C=O) groups excluding carboxylic acids is 2. The van der Waals surface area contributed by atoms with Gasteiger partial charge in [0.05, 0.1) is 29.4 Å². The molecule has 156 valence electrons. The number of amides is 1. The number of carbonyl (C=O) groups is 2. The Morgan fingerprint density at radius 3 is 2.76 bits per heavy atom. The molecule has 2 aliphatic heterocycles. The first-order valence-electron chi connectivity index (χ1n) is 10.7. The molecule has 0 radical (unpaired) electrons. The molecule has 0 saturated carbocycles. The van der Waals surface area contributed by atoms with Crippen LogP contribution < -0.4 is 0 Å². The van der Waals surface area contributed by atoms with Crippen LogP contribution in [0.2, 0.25) is 0 Å². The quantitative estimate of drug-likeness (QED) is 0.696. The van der Waals surface area contributed by atoms with Crippen molar-refractivity contribution in [3.8, 4) is 0 Å². The van der Waals surface area contributed by atoms with Crippen LogP contribution in [0.4, 0.5) is 0 Å². The van der Waals surface area contributed by atoms with Gasteiger partial charge in [-0.05, 0) is 57.7 Å². The fourth-order valence-corrected chi connectivity index (χ4v) is 5.61. The molecule has 7 heteroatoms. The third-order valence-electron chi connectivity index (χ3n) is 5.93. The molecule has 0 aliphatic carbocycles. The lowest BCUT2D eigenvalue weighted by Crippen LogP contribution is -2.52. The Labute approximate surface area is 175 Å². The number of hydrogen-bond donors (Lipinski definition) is 0. The van der Waals surface area contributed by atoms with E-state index in [4.69, 9.17) is 9.72 Å². The predicted octanol–water partition coefficient (Wildman–Crippen LogP) is 3.77. The lowest BCUT2D eigenvalue weighted by molar-refractivity contribution is -0.157. The summed E-state index contributed by atoms with van der Waals surface area (Å²) in [5, 5.41) is 1.10. The van der Waals surface area contributed by atoms with Crippen LogP contribution >= 0.6 is 11.3 Å². The number of likely N-dealkylation sites (tertiary alicyclic amines) is 2. The average Bonchev–Trinajstić information content (AvgIpc) is 3.18. The first-order valence-corrected chi connectivity index (χ1v) is 11.5. The van der Waals surface area contributed by atoms with Crippen LogP contribution in [0.3, 0.4) is 0 Å². The van der Waals surface area contributed by atoms with Crippen molar-refractivity contribution in [2.45, 2.75) is 57.5 Å². The van der Waals surface area contributed by atoms with E-state index >= 15 is 0 Å². The fraction of sp³-hybridized carbons (Fsp3) is 0.591. The van der Waals surface area contributed by atoms with Crippen molar-refractivity contribution in [1.29, 1.82) is 0 Å². The summed E-state index contributed by atoms with van der Waals surface area (Å²) in [6.45, 7) is 4.04. The minimum Gasteiger partial charge on any atom is -0.464 e. The van der Waals surface area contributed by atoms with E-state index in [0.29, 0.717) is 26.1 Å². The van der Waals surface area contributed by atoms with Crippen LogP contribution in [-0.2, 0) is 14.3 Å². The largest absolute Gasteiger partial charge is 0.464 e. The Balaban J connectivity index is 1.49. The van der Waals surface area contributed by atoms with Gasteiger partial charge in [0.25, 0.3) is 0 Å². The average molecular weight is 416 g/mol. The number of aromatic nitrogens is 1. The Morgan fingerprint density at radius 2 is 1.93 bits per heavy atom. The van der Waals surface area contributed by atoms with E-state index in [1.54, 1.807) is 16.2 Å². The maximum atomic E-state index is 13.2. The van der Waals surface area contributed by atoms with Gasteiger partial charge in [0.1, 0.15) is 11.0 Å².